The molecule has 0 atom stereocenters. The number of nitrogens with one attached hydrogen (secondary N) is 1. The molecule has 0 spiro atoms. The Balaban J connectivity index is 1.89. The third kappa shape index (κ3) is 3.77. The van der Waals surface area contributed by atoms with Crippen molar-refractivity contribution >= 4 is 5.91 Å². The average Bonchev–Trinajstić information content (AvgIpc) is 2.46. The summed E-state index contributed by atoms with van der Waals surface area (Å²) in [6.07, 6.45) is 4.46. The number of aliphatic hydroxyl groups is 1. The average molecular weight is 277 g/mol. The predicted molar refractivity (Wildman–Crippen MR) is 77.5 cm³/mol. The van der Waals surface area contributed by atoms with E-state index in [4.69, 9.17) is 0 Å². The normalized spacial score (nSPS) is 18.3. The fourth-order valence-electron chi connectivity index (χ4n) is 2.37. The Kier molecular flexibility index (Phi) is 4.73. The first kappa shape index (κ1) is 14.9. The zero-order valence-corrected chi connectivity index (χ0v) is 12.2. The van der Waals surface area contributed by atoms with Gasteiger partial charge in [-0.1, -0.05) is 13.8 Å². The molecule has 0 aliphatic carbocycles. The number of likely N-dealkylation sites (tertiary alicyclic amines) is 1. The minimum absolute atomic E-state index is 0.00281. The highest BCUT2D eigenvalue weighted by molar-refractivity contribution is 5.93. The van der Waals surface area contributed by atoms with Gasteiger partial charge in [0.15, 0.2) is 0 Å². The van der Waals surface area contributed by atoms with Crippen molar-refractivity contribution < 1.29 is 9.90 Å². The Morgan fingerprint density at radius 1 is 1.50 bits per heavy atom. The quantitative estimate of drug-likeness (QED) is 0.863. The van der Waals surface area contributed by atoms with E-state index >= 15 is 0 Å². The number of piperidine rings is 1. The van der Waals surface area contributed by atoms with Crippen molar-refractivity contribution in [3.05, 3.63) is 30.1 Å². The largest absolute Gasteiger partial charge is 0.388 e. The van der Waals surface area contributed by atoms with Gasteiger partial charge in [-0.05, 0) is 25.0 Å². The molecule has 1 aromatic rings. The van der Waals surface area contributed by atoms with Gasteiger partial charge in [-0.2, -0.15) is 0 Å². The van der Waals surface area contributed by atoms with Crippen LogP contribution in [0.2, 0.25) is 0 Å². The molecule has 1 saturated heterocycles. The van der Waals surface area contributed by atoms with E-state index in [9.17, 15) is 9.90 Å². The summed E-state index contributed by atoms with van der Waals surface area (Å²) in [4.78, 5) is 18.0. The van der Waals surface area contributed by atoms with Gasteiger partial charge in [0, 0.05) is 38.1 Å². The second-order valence-electron chi connectivity index (χ2n) is 5.79. The van der Waals surface area contributed by atoms with Crippen molar-refractivity contribution in [2.45, 2.75) is 38.3 Å². The molecular weight excluding hydrogens is 254 g/mol. The van der Waals surface area contributed by atoms with Crippen LogP contribution < -0.4 is 5.32 Å². The van der Waals surface area contributed by atoms with E-state index in [1.807, 2.05) is 0 Å². The predicted octanol–water partition coefficient (Wildman–Crippen LogP) is 1.05. The Morgan fingerprint density at radius 2 is 2.20 bits per heavy atom. The molecule has 1 aliphatic rings. The lowest BCUT2D eigenvalue weighted by atomic mass is 9.91. The summed E-state index contributed by atoms with van der Waals surface area (Å²) in [5, 5.41) is 13.7. The van der Waals surface area contributed by atoms with Gasteiger partial charge in [0.05, 0.1) is 11.2 Å². The molecule has 1 aromatic heterocycles. The number of rotatable bonds is 4. The maximum absolute atomic E-state index is 12.3. The van der Waals surface area contributed by atoms with Gasteiger partial charge < -0.3 is 15.3 Å². The Bertz CT molecular complexity index is 440. The van der Waals surface area contributed by atoms with Gasteiger partial charge in [-0.15, -0.1) is 0 Å². The van der Waals surface area contributed by atoms with Crippen molar-refractivity contribution in [3.63, 3.8) is 0 Å². The molecule has 1 aliphatic heterocycles. The molecular formula is C15H23N3O2. The standard InChI is InChI=1S/C15H23N3O2/c1-12(2)17-11-15(20)5-8-18(9-6-15)14(19)13-4-3-7-16-10-13/h3-4,7,10,12,17,20H,5-6,8-9,11H2,1-2H3. The highest BCUT2D eigenvalue weighted by Crippen LogP contribution is 2.22. The second-order valence-corrected chi connectivity index (χ2v) is 5.79. The molecule has 0 bridgehead atoms. The summed E-state index contributed by atoms with van der Waals surface area (Å²) in [6.45, 7) is 5.88. The zero-order chi connectivity index (χ0) is 14.6. The fraction of sp³-hybridized carbons (Fsp3) is 0.600. The van der Waals surface area contributed by atoms with E-state index in [0.29, 0.717) is 44.1 Å². The van der Waals surface area contributed by atoms with Crippen molar-refractivity contribution in [1.29, 1.82) is 0 Å². The fourth-order valence-corrected chi connectivity index (χ4v) is 2.37. The summed E-state index contributed by atoms with van der Waals surface area (Å²) in [6, 6.07) is 3.89. The van der Waals surface area contributed by atoms with Crippen molar-refractivity contribution in [1.82, 2.24) is 15.2 Å². The number of carbonyl (C=O) groups is 1. The Labute approximate surface area is 120 Å². The summed E-state index contributed by atoms with van der Waals surface area (Å²) in [7, 11) is 0. The van der Waals surface area contributed by atoms with Crippen molar-refractivity contribution in [2.75, 3.05) is 19.6 Å². The summed E-state index contributed by atoms with van der Waals surface area (Å²) in [5.74, 6) is -0.00281. The van der Waals surface area contributed by atoms with E-state index in [1.165, 1.54) is 0 Å². The van der Waals surface area contributed by atoms with Gasteiger partial charge in [0.25, 0.3) is 5.91 Å². The maximum atomic E-state index is 12.3. The van der Waals surface area contributed by atoms with E-state index in [2.05, 4.69) is 24.1 Å². The first-order chi connectivity index (χ1) is 9.50. The summed E-state index contributed by atoms with van der Waals surface area (Å²) >= 11 is 0. The minimum Gasteiger partial charge on any atom is -0.388 e. The highest BCUT2D eigenvalue weighted by atomic mass is 16.3. The van der Waals surface area contributed by atoms with Crippen LogP contribution in [0.25, 0.3) is 0 Å². The van der Waals surface area contributed by atoms with Crippen LogP contribution in [0.1, 0.15) is 37.0 Å². The van der Waals surface area contributed by atoms with Gasteiger partial charge >= 0.3 is 0 Å². The number of hydrogen-bond acceptors (Lipinski definition) is 4. The number of aromatic nitrogens is 1. The molecule has 0 unspecified atom stereocenters. The lowest BCUT2D eigenvalue weighted by Gasteiger charge is -2.38. The van der Waals surface area contributed by atoms with Gasteiger partial charge in [0.2, 0.25) is 0 Å². The number of amides is 1. The third-order valence-electron chi connectivity index (χ3n) is 3.73. The van der Waals surface area contributed by atoms with Crippen LogP contribution in [0.3, 0.4) is 0 Å². The first-order valence-electron chi connectivity index (χ1n) is 7.15. The monoisotopic (exact) mass is 277 g/mol. The van der Waals surface area contributed by atoms with E-state index in [0.717, 1.165) is 0 Å². The smallest absolute Gasteiger partial charge is 0.255 e. The van der Waals surface area contributed by atoms with Crippen molar-refractivity contribution in [3.8, 4) is 0 Å². The molecule has 2 N–H and O–H groups in total. The topological polar surface area (TPSA) is 65.5 Å². The SMILES string of the molecule is CC(C)NCC1(O)CCN(C(=O)c2cccnc2)CC1. The van der Waals surface area contributed by atoms with Crippen LogP contribution in [0.15, 0.2) is 24.5 Å². The zero-order valence-electron chi connectivity index (χ0n) is 12.2. The number of pyridine rings is 1. The van der Waals surface area contributed by atoms with Crippen LogP contribution in [0.5, 0.6) is 0 Å². The minimum atomic E-state index is -0.698. The van der Waals surface area contributed by atoms with Gasteiger partial charge in [-0.3, -0.25) is 9.78 Å². The van der Waals surface area contributed by atoms with E-state index < -0.39 is 5.60 Å². The van der Waals surface area contributed by atoms with Gasteiger partial charge in [-0.25, -0.2) is 0 Å². The third-order valence-corrected chi connectivity index (χ3v) is 3.73. The summed E-state index contributed by atoms with van der Waals surface area (Å²) < 4.78 is 0. The Hall–Kier alpha value is -1.46. The van der Waals surface area contributed by atoms with Crippen LogP contribution in [0.4, 0.5) is 0 Å². The molecule has 0 radical (unpaired) electrons. The molecule has 2 rings (SSSR count). The molecule has 5 nitrogen and oxygen atoms in total. The number of nitrogens with zero attached hydrogens (tertiary/aromatic N) is 2. The van der Waals surface area contributed by atoms with E-state index in [-0.39, 0.29) is 5.91 Å². The lowest BCUT2D eigenvalue weighted by Crippen LogP contribution is -2.52. The number of carbonyl (C=O) groups excluding carboxylic acids is 1. The van der Waals surface area contributed by atoms with Crippen LogP contribution >= 0.6 is 0 Å². The summed E-state index contributed by atoms with van der Waals surface area (Å²) in [5.41, 5.74) is -0.0889. The lowest BCUT2D eigenvalue weighted by molar-refractivity contribution is -0.0167. The van der Waals surface area contributed by atoms with Crippen LogP contribution in [-0.4, -0.2) is 52.2 Å². The molecule has 1 amide bonds. The van der Waals surface area contributed by atoms with Gasteiger partial charge in [0.1, 0.15) is 0 Å². The van der Waals surface area contributed by atoms with E-state index in [1.54, 1.807) is 29.4 Å². The highest BCUT2D eigenvalue weighted by Gasteiger charge is 2.33. The molecule has 0 saturated carbocycles. The maximum Gasteiger partial charge on any atom is 0.255 e. The molecule has 110 valence electrons. The first-order valence-corrected chi connectivity index (χ1v) is 7.15. The molecule has 5 heteroatoms. The van der Waals surface area contributed by atoms with Crippen LogP contribution in [0, 0.1) is 0 Å². The molecule has 20 heavy (non-hydrogen) atoms. The van der Waals surface area contributed by atoms with Crippen LogP contribution in [-0.2, 0) is 0 Å². The number of hydrogen-bond donors (Lipinski definition) is 2. The van der Waals surface area contributed by atoms with Crippen molar-refractivity contribution in [2.24, 2.45) is 0 Å². The molecule has 1 fully saturated rings. The molecule has 2 heterocycles. The second kappa shape index (κ2) is 6.33. The Morgan fingerprint density at radius 3 is 2.75 bits per heavy atom. The molecule has 0 aromatic carbocycles.